The van der Waals surface area contributed by atoms with Crippen molar-refractivity contribution < 1.29 is 19.0 Å². The van der Waals surface area contributed by atoms with Crippen LogP contribution in [0.3, 0.4) is 0 Å². The van der Waals surface area contributed by atoms with Crippen molar-refractivity contribution in [3.05, 3.63) is 59.7 Å². The Morgan fingerprint density at radius 2 is 1.78 bits per heavy atom. The summed E-state index contributed by atoms with van der Waals surface area (Å²) in [5.41, 5.74) is 1.69. The molecule has 0 aliphatic carbocycles. The Kier molecular flexibility index (Phi) is 5.92. The monoisotopic (exact) mass is 389 g/mol. The van der Waals surface area contributed by atoms with Crippen molar-refractivity contribution in [3.63, 3.8) is 0 Å². The molecule has 2 aliphatic rings. The Morgan fingerprint density at radius 1 is 1.07 bits per heavy atom. The van der Waals surface area contributed by atoms with E-state index in [0.29, 0.717) is 0 Å². The number of hydrogen-bond donors (Lipinski definition) is 0. The molecule has 6 heteroatoms. The second kappa shape index (κ2) is 8.19. The molecule has 144 valence electrons. The maximum atomic E-state index is 11.8. The first-order valence-corrected chi connectivity index (χ1v) is 9.01. The lowest BCUT2D eigenvalue weighted by atomic mass is 9.83. The summed E-state index contributed by atoms with van der Waals surface area (Å²) in [6, 6.07) is 16.3. The average molecular weight is 390 g/mol. The van der Waals surface area contributed by atoms with Crippen LogP contribution in [-0.4, -0.2) is 30.8 Å². The van der Waals surface area contributed by atoms with E-state index in [1.807, 2.05) is 24.3 Å². The molecule has 0 bridgehead atoms. The second-order valence-corrected chi connectivity index (χ2v) is 6.92. The van der Waals surface area contributed by atoms with Crippen LogP contribution in [-0.2, 0) is 21.7 Å². The number of piperidine rings is 1. The SMILES string of the molecule is CC(=O)OC1(c2ccc3c(c2)OCO3)CCN(Cc2ccccc2)CC1.Cl. The number of fused-ring (bicyclic) bond motifs is 1. The molecule has 0 saturated carbocycles. The van der Waals surface area contributed by atoms with Crippen molar-refractivity contribution >= 4 is 18.4 Å². The lowest BCUT2D eigenvalue weighted by Gasteiger charge is -2.41. The highest BCUT2D eigenvalue weighted by Crippen LogP contribution is 2.42. The number of rotatable bonds is 4. The Morgan fingerprint density at radius 3 is 2.48 bits per heavy atom. The molecule has 0 unspecified atom stereocenters. The molecule has 0 spiro atoms. The number of carbonyl (C=O) groups is 1. The van der Waals surface area contributed by atoms with E-state index in [9.17, 15) is 4.79 Å². The normalized spacial score (nSPS) is 17.8. The maximum Gasteiger partial charge on any atom is 0.303 e. The molecule has 2 aromatic rings. The van der Waals surface area contributed by atoms with E-state index in [1.54, 1.807) is 0 Å². The van der Waals surface area contributed by atoms with Gasteiger partial charge in [0.1, 0.15) is 5.60 Å². The number of esters is 1. The maximum absolute atomic E-state index is 11.8. The van der Waals surface area contributed by atoms with Gasteiger partial charge in [-0.25, -0.2) is 0 Å². The van der Waals surface area contributed by atoms with Gasteiger partial charge in [0, 0.05) is 39.4 Å². The van der Waals surface area contributed by atoms with E-state index in [0.717, 1.165) is 49.5 Å². The Labute approximate surface area is 165 Å². The molecule has 1 saturated heterocycles. The molecule has 0 amide bonds. The van der Waals surface area contributed by atoms with Crippen molar-refractivity contribution in [2.45, 2.75) is 31.9 Å². The van der Waals surface area contributed by atoms with E-state index in [1.165, 1.54) is 12.5 Å². The number of halogens is 1. The fraction of sp³-hybridized carbons (Fsp3) is 0.381. The van der Waals surface area contributed by atoms with Gasteiger partial charge in [0.15, 0.2) is 11.5 Å². The summed E-state index contributed by atoms with van der Waals surface area (Å²) in [6.45, 7) is 4.38. The number of ether oxygens (including phenoxy) is 3. The largest absolute Gasteiger partial charge is 0.454 e. The minimum Gasteiger partial charge on any atom is -0.454 e. The van der Waals surface area contributed by atoms with Crippen LogP contribution in [0.15, 0.2) is 48.5 Å². The van der Waals surface area contributed by atoms with E-state index < -0.39 is 5.60 Å². The van der Waals surface area contributed by atoms with Gasteiger partial charge in [0.25, 0.3) is 0 Å². The molecule has 2 heterocycles. The predicted molar refractivity (Wildman–Crippen MR) is 104 cm³/mol. The van der Waals surface area contributed by atoms with Gasteiger partial charge < -0.3 is 14.2 Å². The third-order valence-corrected chi connectivity index (χ3v) is 5.15. The van der Waals surface area contributed by atoms with Gasteiger partial charge in [-0.3, -0.25) is 9.69 Å². The molecule has 2 aliphatic heterocycles. The van der Waals surface area contributed by atoms with Crippen molar-refractivity contribution in [1.29, 1.82) is 0 Å². The van der Waals surface area contributed by atoms with Crippen molar-refractivity contribution in [2.75, 3.05) is 19.9 Å². The van der Waals surface area contributed by atoms with Gasteiger partial charge in [0.05, 0.1) is 0 Å². The van der Waals surface area contributed by atoms with Gasteiger partial charge in [-0.15, -0.1) is 12.4 Å². The van der Waals surface area contributed by atoms with Crippen molar-refractivity contribution in [3.8, 4) is 11.5 Å². The highest BCUT2D eigenvalue weighted by atomic mass is 35.5. The molecule has 0 N–H and O–H groups in total. The minimum absolute atomic E-state index is 0. The Hall–Kier alpha value is -2.24. The number of hydrogen-bond acceptors (Lipinski definition) is 5. The van der Waals surface area contributed by atoms with E-state index >= 15 is 0 Å². The zero-order valence-corrected chi connectivity index (χ0v) is 16.2. The summed E-state index contributed by atoms with van der Waals surface area (Å²) >= 11 is 0. The van der Waals surface area contributed by atoms with Crippen molar-refractivity contribution in [1.82, 2.24) is 4.90 Å². The van der Waals surface area contributed by atoms with Crippen LogP contribution in [0, 0.1) is 0 Å². The van der Waals surface area contributed by atoms with Gasteiger partial charge in [-0.1, -0.05) is 36.4 Å². The van der Waals surface area contributed by atoms with E-state index in [-0.39, 0.29) is 25.2 Å². The highest BCUT2D eigenvalue weighted by Gasteiger charge is 2.40. The zero-order chi connectivity index (χ0) is 18.0. The number of likely N-dealkylation sites (tertiary alicyclic amines) is 1. The summed E-state index contributed by atoms with van der Waals surface area (Å²) in [6.07, 6.45) is 1.53. The smallest absolute Gasteiger partial charge is 0.303 e. The van der Waals surface area contributed by atoms with E-state index in [4.69, 9.17) is 14.2 Å². The lowest BCUT2D eigenvalue weighted by Crippen LogP contribution is -2.44. The third-order valence-electron chi connectivity index (χ3n) is 5.15. The standard InChI is InChI=1S/C21H23NO4.ClH/c1-16(23)26-21(18-7-8-19-20(13-18)25-15-24-19)9-11-22(12-10-21)14-17-5-3-2-4-6-17;/h2-8,13H,9-12,14-15H2,1H3;1H. The molecule has 1 fully saturated rings. The van der Waals surface area contributed by atoms with Crippen LogP contribution in [0.4, 0.5) is 0 Å². The fourth-order valence-corrected chi connectivity index (χ4v) is 3.82. The third kappa shape index (κ3) is 4.20. The summed E-state index contributed by atoms with van der Waals surface area (Å²) in [4.78, 5) is 14.2. The second-order valence-electron chi connectivity index (χ2n) is 6.92. The average Bonchev–Trinajstić information content (AvgIpc) is 3.12. The molecule has 0 aromatic heterocycles. The molecule has 0 radical (unpaired) electrons. The van der Waals surface area contributed by atoms with Crippen LogP contribution in [0.1, 0.15) is 30.9 Å². The lowest BCUT2D eigenvalue weighted by molar-refractivity contribution is -0.164. The predicted octanol–water partition coefficient (Wildman–Crippen LogP) is 3.89. The van der Waals surface area contributed by atoms with Gasteiger partial charge in [0.2, 0.25) is 6.79 Å². The molecule has 0 atom stereocenters. The molecule has 27 heavy (non-hydrogen) atoms. The molecule has 2 aromatic carbocycles. The quantitative estimate of drug-likeness (QED) is 0.742. The van der Waals surface area contributed by atoms with Crippen LogP contribution in [0.25, 0.3) is 0 Å². The summed E-state index contributed by atoms with van der Waals surface area (Å²) in [5, 5.41) is 0. The Balaban J connectivity index is 0.00000210. The topological polar surface area (TPSA) is 48.0 Å². The first-order chi connectivity index (χ1) is 12.6. The molecular formula is C21H24ClNO4. The summed E-state index contributed by atoms with van der Waals surface area (Å²) in [5.74, 6) is 1.22. The first kappa shape index (κ1) is 19.5. The van der Waals surface area contributed by atoms with Gasteiger partial charge >= 0.3 is 5.97 Å². The summed E-state index contributed by atoms with van der Waals surface area (Å²) < 4.78 is 16.8. The van der Waals surface area contributed by atoms with Gasteiger partial charge in [-0.2, -0.15) is 0 Å². The van der Waals surface area contributed by atoms with Crippen LogP contribution >= 0.6 is 12.4 Å². The molecular weight excluding hydrogens is 366 g/mol. The molecule has 5 nitrogen and oxygen atoms in total. The minimum atomic E-state index is -0.597. The number of benzene rings is 2. The zero-order valence-electron chi connectivity index (χ0n) is 15.3. The van der Waals surface area contributed by atoms with Crippen molar-refractivity contribution in [2.24, 2.45) is 0 Å². The highest BCUT2D eigenvalue weighted by molar-refractivity contribution is 5.85. The fourth-order valence-electron chi connectivity index (χ4n) is 3.82. The first-order valence-electron chi connectivity index (χ1n) is 9.01. The van der Waals surface area contributed by atoms with Crippen LogP contribution in [0.2, 0.25) is 0 Å². The molecule has 4 rings (SSSR count). The summed E-state index contributed by atoms with van der Waals surface area (Å²) in [7, 11) is 0. The van der Waals surface area contributed by atoms with E-state index in [2.05, 4.69) is 29.2 Å². The van der Waals surface area contributed by atoms with Gasteiger partial charge in [-0.05, 0) is 23.3 Å². The Bertz CT molecular complexity index is 788. The van der Waals surface area contributed by atoms with Crippen LogP contribution in [0.5, 0.6) is 11.5 Å². The number of nitrogens with zero attached hydrogens (tertiary/aromatic N) is 1. The van der Waals surface area contributed by atoms with Crippen LogP contribution < -0.4 is 9.47 Å². The number of carbonyl (C=O) groups excluding carboxylic acids is 1.